The molecule has 1 aliphatic carbocycles. The summed E-state index contributed by atoms with van der Waals surface area (Å²) in [7, 11) is 1.58. The van der Waals surface area contributed by atoms with Gasteiger partial charge in [-0.15, -0.1) is 0 Å². The van der Waals surface area contributed by atoms with Crippen LogP contribution >= 0.6 is 0 Å². The molecule has 0 aromatic rings. The molecule has 0 N–H and O–H groups in total. The van der Waals surface area contributed by atoms with Gasteiger partial charge in [0.25, 0.3) is 0 Å². The highest BCUT2D eigenvalue weighted by Crippen LogP contribution is 2.37. The van der Waals surface area contributed by atoms with Gasteiger partial charge >= 0.3 is 5.97 Å². The van der Waals surface area contributed by atoms with Crippen LogP contribution in [0, 0.1) is 5.41 Å². The quantitative estimate of drug-likeness (QED) is 0.531. The van der Waals surface area contributed by atoms with Gasteiger partial charge in [-0.25, -0.2) is 0 Å². The fourth-order valence-electron chi connectivity index (χ4n) is 2.22. The minimum Gasteiger partial charge on any atom is -0.465 e. The van der Waals surface area contributed by atoms with Gasteiger partial charge in [-0.1, -0.05) is 6.42 Å². The third-order valence-corrected chi connectivity index (χ3v) is 3.19. The van der Waals surface area contributed by atoms with Crippen LogP contribution in [0.15, 0.2) is 0 Å². The molecule has 0 bridgehead atoms. The topological polar surface area (TPSA) is 52.6 Å². The van der Waals surface area contributed by atoms with Gasteiger partial charge in [0.15, 0.2) is 0 Å². The number of methoxy groups -OCH3 is 1. The van der Waals surface area contributed by atoms with Crippen molar-refractivity contribution in [2.75, 3.05) is 20.3 Å². The van der Waals surface area contributed by atoms with Crippen LogP contribution in [0.1, 0.15) is 39.0 Å². The third kappa shape index (κ3) is 2.61. The van der Waals surface area contributed by atoms with E-state index in [1.807, 2.05) is 0 Å². The van der Waals surface area contributed by atoms with Crippen molar-refractivity contribution in [1.82, 2.24) is 0 Å². The fraction of sp³-hybridized carbons (Fsp3) is 0.833. The van der Waals surface area contributed by atoms with Crippen molar-refractivity contribution in [1.29, 1.82) is 0 Å². The zero-order valence-electron chi connectivity index (χ0n) is 10.1. The second-order valence-corrected chi connectivity index (χ2v) is 4.18. The van der Waals surface area contributed by atoms with Gasteiger partial charge in [-0.2, -0.15) is 0 Å². The molecule has 1 fully saturated rings. The van der Waals surface area contributed by atoms with Gasteiger partial charge in [0, 0.05) is 20.1 Å². The Hall–Kier alpha value is -0.900. The highest BCUT2D eigenvalue weighted by atomic mass is 16.5. The van der Waals surface area contributed by atoms with Crippen LogP contribution in [0.2, 0.25) is 0 Å². The Morgan fingerprint density at radius 2 is 2.19 bits per heavy atom. The van der Waals surface area contributed by atoms with Crippen molar-refractivity contribution in [3.05, 3.63) is 0 Å². The molecule has 0 aromatic heterocycles. The number of Topliss-reactive ketones (excluding diaryl/α,β-unsaturated/α-hetero) is 1. The molecule has 0 heterocycles. The zero-order chi connectivity index (χ0) is 12.0. The van der Waals surface area contributed by atoms with Crippen molar-refractivity contribution in [2.45, 2.75) is 39.0 Å². The molecule has 0 unspecified atom stereocenters. The van der Waals surface area contributed by atoms with Crippen LogP contribution in [0.4, 0.5) is 0 Å². The summed E-state index contributed by atoms with van der Waals surface area (Å²) in [6.45, 7) is 2.50. The summed E-state index contributed by atoms with van der Waals surface area (Å²) < 4.78 is 10.0. The van der Waals surface area contributed by atoms with E-state index in [0.29, 0.717) is 32.5 Å². The highest BCUT2D eigenvalue weighted by Gasteiger charge is 2.47. The van der Waals surface area contributed by atoms with Gasteiger partial charge in [0.1, 0.15) is 11.2 Å². The lowest BCUT2D eigenvalue weighted by Gasteiger charge is -2.33. The molecule has 1 aliphatic rings. The number of esters is 1. The summed E-state index contributed by atoms with van der Waals surface area (Å²) >= 11 is 0. The van der Waals surface area contributed by atoms with Crippen molar-refractivity contribution in [3.8, 4) is 0 Å². The van der Waals surface area contributed by atoms with E-state index >= 15 is 0 Å². The van der Waals surface area contributed by atoms with Crippen molar-refractivity contribution in [2.24, 2.45) is 5.41 Å². The van der Waals surface area contributed by atoms with Crippen LogP contribution < -0.4 is 0 Å². The molecule has 0 amide bonds. The molecule has 0 radical (unpaired) electrons. The van der Waals surface area contributed by atoms with Gasteiger partial charge in [0.2, 0.25) is 0 Å². The number of rotatable bonds is 5. The molecule has 0 aliphatic heterocycles. The molecule has 92 valence electrons. The van der Waals surface area contributed by atoms with Crippen molar-refractivity contribution in [3.63, 3.8) is 0 Å². The summed E-state index contributed by atoms with van der Waals surface area (Å²) in [5.41, 5.74) is -0.926. The van der Waals surface area contributed by atoms with E-state index in [4.69, 9.17) is 9.47 Å². The summed E-state index contributed by atoms with van der Waals surface area (Å²) in [6.07, 6.45) is 3.33. The Labute approximate surface area is 96.3 Å². The second-order valence-electron chi connectivity index (χ2n) is 4.18. The van der Waals surface area contributed by atoms with E-state index in [-0.39, 0.29) is 11.8 Å². The largest absolute Gasteiger partial charge is 0.465 e. The fourth-order valence-corrected chi connectivity index (χ4v) is 2.22. The molecule has 0 spiro atoms. The zero-order valence-corrected chi connectivity index (χ0v) is 10.1. The monoisotopic (exact) mass is 228 g/mol. The van der Waals surface area contributed by atoms with E-state index < -0.39 is 5.41 Å². The Kier molecular flexibility index (Phi) is 4.93. The summed E-state index contributed by atoms with van der Waals surface area (Å²) in [5.74, 6) is -0.342. The molecule has 16 heavy (non-hydrogen) atoms. The summed E-state index contributed by atoms with van der Waals surface area (Å²) in [6, 6.07) is 0. The first-order valence-corrected chi connectivity index (χ1v) is 5.87. The number of hydrogen-bond acceptors (Lipinski definition) is 4. The highest BCUT2D eigenvalue weighted by molar-refractivity contribution is 6.04. The van der Waals surface area contributed by atoms with Crippen molar-refractivity contribution < 1.29 is 19.1 Å². The Morgan fingerprint density at radius 3 is 2.75 bits per heavy atom. The maximum atomic E-state index is 12.0. The molecule has 0 aromatic carbocycles. The Bertz CT molecular complexity index is 262. The average molecular weight is 228 g/mol. The van der Waals surface area contributed by atoms with Gasteiger partial charge in [0.05, 0.1) is 6.61 Å². The molecule has 0 saturated heterocycles. The minimum absolute atomic E-state index is 0.0225. The lowest BCUT2D eigenvalue weighted by molar-refractivity contribution is -0.163. The van der Waals surface area contributed by atoms with Crippen LogP contribution in [0.25, 0.3) is 0 Å². The number of carbonyl (C=O) groups is 2. The van der Waals surface area contributed by atoms with Gasteiger partial charge in [-0.05, 0) is 26.2 Å². The predicted octanol–water partition coefficient (Wildman–Crippen LogP) is 1.72. The molecule has 4 heteroatoms. The number of carbonyl (C=O) groups excluding carboxylic acids is 2. The average Bonchev–Trinajstić information content (AvgIpc) is 2.28. The standard InChI is InChI=1S/C12H20O4/c1-3-16-11(14)12(8-9-15-2)7-5-4-6-10(12)13/h3-9H2,1-2H3/t12-/m0/s1. The SMILES string of the molecule is CCOC(=O)[C@]1(CCOC)CCCCC1=O. The van der Waals surface area contributed by atoms with Crippen LogP contribution in [0.3, 0.4) is 0 Å². The first kappa shape index (κ1) is 13.2. The van der Waals surface area contributed by atoms with Crippen LogP contribution in [0.5, 0.6) is 0 Å². The minimum atomic E-state index is -0.926. The van der Waals surface area contributed by atoms with Crippen LogP contribution in [-0.2, 0) is 19.1 Å². The molecule has 1 saturated carbocycles. The van der Waals surface area contributed by atoms with Crippen molar-refractivity contribution >= 4 is 11.8 Å². The second kappa shape index (κ2) is 5.99. The number of ether oxygens (including phenoxy) is 2. The summed E-state index contributed by atoms with van der Waals surface area (Å²) in [5, 5.41) is 0. The van der Waals surface area contributed by atoms with Gasteiger partial charge < -0.3 is 9.47 Å². The number of ketones is 1. The molecular formula is C12H20O4. The van der Waals surface area contributed by atoms with Crippen LogP contribution in [-0.4, -0.2) is 32.1 Å². The van der Waals surface area contributed by atoms with E-state index in [2.05, 4.69) is 0 Å². The predicted molar refractivity (Wildman–Crippen MR) is 59.0 cm³/mol. The molecule has 1 rings (SSSR count). The molecule has 1 atom stereocenters. The smallest absolute Gasteiger partial charge is 0.319 e. The maximum Gasteiger partial charge on any atom is 0.319 e. The first-order chi connectivity index (χ1) is 7.67. The van der Waals surface area contributed by atoms with E-state index in [9.17, 15) is 9.59 Å². The number of hydrogen-bond donors (Lipinski definition) is 0. The molecular weight excluding hydrogens is 208 g/mol. The lowest BCUT2D eigenvalue weighted by atomic mass is 9.71. The third-order valence-electron chi connectivity index (χ3n) is 3.19. The first-order valence-electron chi connectivity index (χ1n) is 5.87. The molecule has 4 nitrogen and oxygen atoms in total. The van der Waals surface area contributed by atoms with E-state index in [1.165, 1.54) is 0 Å². The Morgan fingerprint density at radius 1 is 1.44 bits per heavy atom. The Balaban J connectivity index is 2.81. The maximum absolute atomic E-state index is 12.0. The normalized spacial score (nSPS) is 25.5. The summed E-state index contributed by atoms with van der Waals surface area (Å²) in [4.78, 5) is 23.9. The van der Waals surface area contributed by atoms with Gasteiger partial charge in [-0.3, -0.25) is 9.59 Å². The van der Waals surface area contributed by atoms with E-state index in [1.54, 1.807) is 14.0 Å². The lowest BCUT2D eigenvalue weighted by Crippen LogP contribution is -2.43. The van der Waals surface area contributed by atoms with E-state index in [0.717, 1.165) is 12.8 Å².